The zero-order valence-electron chi connectivity index (χ0n) is 11.2. The molecule has 1 atom stereocenters. The van der Waals surface area contributed by atoms with Gasteiger partial charge in [0, 0.05) is 0 Å². The van der Waals surface area contributed by atoms with E-state index in [0.717, 1.165) is 12.8 Å². The van der Waals surface area contributed by atoms with E-state index in [1.807, 2.05) is 0 Å². The number of carbonyl (C=O) groups is 1. The first kappa shape index (κ1) is 15.4. The van der Waals surface area contributed by atoms with Crippen LogP contribution in [0.2, 0.25) is 0 Å². The molecule has 0 aliphatic rings. The number of ether oxygens (including phenoxy) is 1. The average Bonchev–Trinajstić information content (AvgIpc) is 2.14. The first-order valence-corrected chi connectivity index (χ1v) is 6.23. The van der Waals surface area contributed by atoms with Gasteiger partial charge in [0.2, 0.25) is 0 Å². The molecule has 0 radical (unpaired) electrons. The summed E-state index contributed by atoms with van der Waals surface area (Å²) >= 11 is 0. The van der Waals surface area contributed by atoms with E-state index in [-0.39, 0.29) is 5.92 Å². The minimum Gasteiger partial charge on any atom is -0.464 e. The number of aliphatic hydroxyl groups excluding tert-OH is 1. The lowest BCUT2D eigenvalue weighted by atomic mass is 9.85. The van der Waals surface area contributed by atoms with Crippen LogP contribution in [0.15, 0.2) is 0 Å². The molecule has 0 bridgehead atoms. The molecule has 0 spiro atoms. The Labute approximate surface area is 99.2 Å². The zero-order valence-corrected chi connectivity index (χ0v) is 11.2. The highest BCUT2D eigenvalue weighted by Gasteiger charge is 2.28. The topological polar surface area (TPSA) is 46.5 Å². The van der Waals surface area contributed by atoms with Gasteiger partial charge in [-0.2, -0.15) is 0 Å². The standard InChI is InChI=1S/C13H26O3/c1-6-16-13(15)12(14)11(7-9(2)3)8-10(4)5/h9-12,14H,6-8H2,1-5H3. The van der Waals surface area contributed by atoms with Gasteiger partial charge in [-0.15, -0.1) is 0 Å². The van der Waals surface area contributed by atoms with Crippen molar-refractivity contribution in [1.29, 1.82) is 0 Å². The Kier molecular flexibility index (Phi) is 7.39. The van der Waals surface area contributed by atoms with E-state index in [1.54, 1.807) is 6.92 Å². The van der Waals surface area contributed by atoms with Crippen molar-refractivity contribution in [3.8, 4) is 0 Å². The van der Waals surface area contributed by atoms with Crippen LogP contribution in [0.5, 0.6) is 0 Å². The lowest BCUT2D eigenvalue weighted by Crippen LogP contribution is -2.33. The summed E-state index contributed by atoms with van der Waals surface area (Å²) in [6, 6.07) is 0. The Morgan fingerprint density at radius 3 is 1.88 bits per heavy atom. The third kappa shape index (κ3) is 6.11. The molecule has 1 unspecified atom stereocenters. The van der Waals surface area contributed by atoms with Crippen molar-refractivity contribution in [2.75, 3.05) is 6.61 Å². The predicted octanol–water partition coefficient (Wildman–Crippen LogP) is 2.62. The van der Waals surface area contributed by atoms with Crippen LogP contribution < -0.4 is 0 Å². The van der Waals surface area contributed by atoms with Crippen LogP contribution in [0.3, 0.4) is 0 Å². The first-order valence-electron chi connectivity index (χ1n) is 6.23. The van der Waals surface area contributed by atoms with Crippen LogP contribution in [-0.2, 0) is 9.53 Å². The summed E-state index contributed by atoms with van der Waals surface area (Å²) in [6.45, 7) is 10.5. The highest BCUT2D eigenvalue weighted by molar-refractivity contribution is 5.74. The minimum atomic E-state index is -0.968. The van der Waals surface area contributed by atoms with Crippen molar-refractivity contribution >= 4 is 5.97 Å². The molecule has 0 aromatic rings. The third-order valence-electron chi connectivity index (χ3n) is 2.52. The first-order chi connectivity index (χ1) is 7.38. The molecule has 3 nitrogen and oxygen atoms in total. The molecule has 0 fully saturated rings. The summed E-state index contributed by atoms with van der Waals surface area (Å²) < 4.78 is 4.86. The smallest absolute Gasteiger partial charge is 0.335 e. The lowest BCUT2D eigenvalue weighted by molar-refractivity contribution is -0.156. The van der Waals surface area contributed by atoms with Gasteiger partial charge in [0.1, 0.15) is 0 Å². The van der Waals surface area contributed by atoms with Crippen molar-refractivity contribution in [2.24, 2.45) is 17.8 Å². The maximum absolute atomic E-state index is 11.5. The summed E-state index contributed by atoms with van der Waals surface area (Å²) in [7, 11) is 0. The average molecular weight is 230 g/mol. The monoisotopic (exact) mass is 230 g/mol. The van der Waals surface area contributed by atoms with Gasteiger partial charge in [-0.05, 0) is 37.5 Å². The molecule has 0 saturated carbocycles. The molecule has 0 rings (SSSR count). The molecule has 3 heteroatoms. The summed E-state index contributed by atoms with van der Waals surface area (Å²) in [5.74, 6) is 0.494. The number of rotatable bonds is 7. The molecule has 16 heavy (non-hydrogen) atoms. The van der Waals surface area contributed by atoms with Gasteiger partial charge in [-0.1, -0.05) is 27.7 Å². The summed E-state index contributed by atoms with van der Waals surface area (Å²) in [4.78, 5) is 11.5. The fourth-order valence-electron chi connectivity index (χ4n) is 1.99. The van der Waals surface area contributed by atoms with Crippen LogP contribution in [0.1, 0.15) is 47.5 Å². The zero-order chi connectivity index (χ0) is 12.7. The highest BCUT2D eigenvalue weighted by Crippen LogP contribution is 2.24. The molecular weight excluding hydrogens is 204 g/mol. The molecule has 0 heterocycles. The van der Waals surface area contributed by atoms with E-state index in [9.17, 15) is 9.90 Å². The van der Waals surface area contributed by atoms with Crippen molar-refractivity contribution in [2.45, 2.75) is 53.6 Å². The number of aliphatic hydroxyl groups is 1. The van der Waals surface area contributed by atoms with Gasteiger partial charge in [-0.25, -0.2) is 4.79 Å². The van der Waals surface area contributed by atoms with Gasteiger partial charge in [-0.3, -0.25) is 0 Å². The Balaban J connectivity index is 4.41. The van der Waals surface area contributed by atoms with E-state index in [4.69, 9.17) is 4.74 Å². The van der Waals surface area contributed by atoms with E-state index >= 15 is 0 Å². The molecule has 0 aromatic carbocycles. The molecular formula is C13H26O3. The van der Waals surface area contributed by atoms with Crippen LogP contribution >= 0.6 is 0 Å². The highest BCUT2D eigenvalue weighted by atomic mass is 16.5. The number of hydrogen-bond donors (Lipinski definition) is 1. The molecule has 0 saturated heterocycles. The summed E-state index contributed by atoms with van der Waals surface area (Å²) in [6.07, 6.45) is 0.751. The van der Waals surface area contributed by atoms with Gasteiger partial charge >= 0.3 is 5.97 Å². The predicted molar refractivity (Wildman–Crippen MR) is 65.0 cm³/mol. The molecule has 1 N–H and O–H groups in total. The van der Waals surface area contributed by atoms with Gasteiger partial charge in [0.15, 0.2) is 6.10 Å². The molecule has 0 aliphatic heterocycles. The lowest BCUT2D eigenvalue weighted by Gasteiger charge is -2.24. The second-order valence-electron chi connectivity index (χ2n) is 5.22. The van der Waals surface area contributed by atoms with E-state index in [0.29, 0.717) is 18.4 Å². The van der Waals surface area contributed by atoms with Gasteiger partial charge < -0.3 is 9.84 Å². The van der Waals surface area contributed by atoms with E-state index in [2.05, 4.69) is 27.7 Å². The van der Waals surface area contributed by atoms with Crippen molar-refractivity contribution in [1.82, 2.24) is 0 Å². The number of esters is 1. The molecule has 0 aliphatic carbocycles. The maximum atomic E-state index is 11.5. The van der Waals surface area contributed by atoms with Crippen LogP contribution in [0, 0.1) is 17.8 Å². The second-order valence-corrected chi connectivity index (χ2v) is 5.22. The minimum absolute atomic E-state index is 0.0130. The van der Waals surface area contributed by atoms with Gasteiger partial charge in [0.25, 0.3) is 0 Å². The Bertz CT molecular complexity index is 189. The fourth-order valence-corrected chi connectivity index (χ4v) is 1.99. The van der Waals surface area contributed by atoms with E-state index in [1.165, 1.54) is 0 Å². The number of carbonyl (C=O) groups excluding carboxylic acids is 1. The van der Waals surface area contributed by atoms with Crippen LogP contribution in [-0.4, -0.2) is 23.8 Å². The van der Waals surface area contributed by atoms with Crippen molar-refractivity contribution in [3.05, 3.63) is 0 Å². The molecule has 0 amide bonds. The SMILES string of the molecule is CCOC(=O)C(O)C(CC(C)C)CC(C)C. The Morgan fingerprint density at radius 2 is 1.56 bits per heavy atom. The largest absolute Gasteiger partial charge is 0.464 e. The quantitative estimate of drug-likeness (QED) is 0.684. The normalized spacial score (nSPS) is 13.6. The summed E-state index contributed by atoms with van der Waals surface area (Å²) in [5.41, 5.74) is 0. The van der Waals surface area contributed by atoms with Crippen LogP contribution in [0.25, 0.3) is 0 Å². The van der Waals surface area contributed by atoms with Crippen LogP contribution in [0.4, 0.5) is 0 Å². The van der Waals surface area contributed by atoms with Gasteiger partial charge in [0.05, 0.1) is 6.61 Å². The van der Waals surface area contributed by atoms with Crippen molar-refractivity contribution in [3.63, 3.8) is 0 Å². The maximum Gasteiger partial charge on any atom is 0.335 e. The van der Waals surface area contributed by atoms with E-state index < -0.39 is 12.1 Å². The Hall–Kier alpha value is -0.570. The Morgan fingerprint density at radius 1 is 1.12 bits per heavy atom. The fraction of sp³-hybridized carbons (Fsp3) is 0.923. The second kappa shape index (κ2) is 7.66. The molecule has 0 aromatic heterocycles. The summed E-state index contributed by atoms with van der Waals surface area (Å²) in [5, 5.41) is 9.93. The molecule has 96 valence electrons. The van der Waals surface area contributed by atoms with Crippen molar-refractivity contribution < 1.29 is 14.6 Å². The number of hydrogen-bond acceptors (Lipinski definition) is 3. The third-order valence-corrected chi connectivity index (χ3v) is 2.52.